The van der Waals surface area contributed by atoms with Crippen molar-refractivity contribution >= 4 is 12.0 Å². The van der Waals surface area contributed by atoms with Gasteiger partial charge < -0.3 is 15.4 Å². The topological polar surface area (TPSA) is 67.4 Å². The highest BCUT2D eigenvalue weighted by molar-refractivity contribution is 5.74. The van der Waals surface area contributed by atoms with Gasteiger partial charge in [0.05, 0.1) is 6.61 Å². The second kappa shape index (κ2) is 12.0. The summed E-state index contributed by atoms with van der Waals surface area (Å²) < 4.78 is 4.94. The number of hydrogen-bond acceptors (Lipinski definition) is 3. The molecule has 4 aliphatic carbocycles. The van der Waals surface area contributed by atoms with Crippen molar-refractivity contribution in [2.45, 2.75) is 115 Å². The molecule has 0 spiro atoms. The summed E-state index contributed by atoms with van der Waals surface area (Å²) in [6, 6.07) is 0.0692. The van der Waals surface area contributed by atoms with Gasteiger partial charge in [-0.1, -0.05) is 44.9 Å². The molecule has 2 amide bonds. The number of rotatable bonds is 14. The summed E-state index contributed by atoms with van der Waals surface area (Å²) in [7, 11) is 0. The minimum atomic E-state index is -0.0577. The van der Waals surface area contributed by atoms with E-state index in [1.54, 1.807) is 0 Å². The van der Waals surface area contributed by atoms with E-state index >= 15 is 0 Å². The zero-order valence-electron chi connectivity index (χ0n) is 19.2. The predicted molar refractivity (Wildman–Crippen MR) is 120 cm³/mol. The Balaban J connectivity index is 1.12. The zero-order chi connectivity index (χ0) is 21.2. The van der Waals surface area contributed by atoms with Gasteiger partial charge in [0.25, 0.3) is 0 Å². The van der Waals surface area contributed by atoms with Crippen molar-refractivity contribution in [3.8, 4) is 0 Å². The largest absolute Gasteiger partial charge is 0.466 e. The fourth-order valence-corrected chi connectivity index (χ4v) is 6.62. The van der Waals surface area contributed by atoms with E-state index in [2.05, 4.69) is 10.6 Å². The Hall–Kier alpha value is -1.26. The molecule has 172 valence electrons. The van der Waals surface area contributed by atoms with E-state index < -0.39 is 0 Å². The normalized spacial score (nSPS) is 29.0. The Bertz CT molecular complexity index is 513. The van der Waals surface area contributed by atoms with E-state index in [1.165, 1.54) is 77.0 Å². The van der Waals surface area contributed by atoms with Gasteiger partial charge in [-0.25, -0.2) is 4.79 Å². The van der Waals surface area contributed by atoms with E-state index in [0.717, 1.165) is 43.6 Å². The van der Waals surface area contributed by atoms with Crippen molar-refractivity contribution in [2.75, 3.05) is 13.2 Å². The van der Waals surface area contributed by atoms with Crippen molar-refractivity contribution in [1.82, 2.24) is 10.6 Å². The maximum absolute atomic E-state index is 12.4. The van der Waals surface area contributed by atoms with Crippen molar-refractivity contribution in [2.24, 2.45) is 17.8 Å². The van der Waals surface area contributed by atoms with Gasteiger partial charge in [0.2, 0.25) is 0 Å². The number of esters is 1. The summed E-state index contributed by atoms with van der Waals surface area (Å²) >= 11 is 0. The van der Waals surface area contributed by atoms with Gasteiger partial charge in [0, 0.05) is 18.5 Å². The van der Waals surface area contributed by atoms with Crippen LogP contribution in [0.4, 0.5) is 4.79 Å². The highest BCUT2D eigenvalue weighted by Gasteiger charge is 2.51. The molecule has 4 saturated carbocycles. The SMILES string of the molecule is CCOC(=O)CCCCCCCCCCCNC(=O)NC12CC3CC(CC(C3)C1)C2. The fraction of sp³-hybridized carbons (Fsp3) is 0.920. The molecule has 0 saturated heterocycles. The highest BCUT2D eigenvalue weighted by atomic mass is 16.5. The number of unbranched alkanes of at least 4 members (excludes halogenated alkanes) is 8. The summed E-state index contributed by atoms with van der Waals surface area (Å²) in [6.45, 7) is 3.14. The minimum Gasteiger partial charge on any atom is -0.466 e. The molecule has 4 bridgehead atoms. The van der Waals surface area contributed by atoms with Crippen LogP contribution in [0.3, 0.4) is 0 Å². The van der Waals surface area contributed by atoms with Crippen LogP contribution in [0.15, 0.2) is 0 Å². The van der Waals surface area contributed by atoms with E-state index in [0.29, 0.717) is 13.0 Å². The second-order valence-corrected chi connectivity index (χ2v) is 10.3. The summed E-state index contributed by atoms with van der Waals surface area (Å²) in [4.78, 5) is 23.7. The molecule has 0 aromatic rings. The van der Waals surface area contributed by atoms with Gasteiger partial charge in [-0.15, -0.1) is 0 Å². The Morgan fingerprint density at radius 3 is 1.83 bits per heavy atom. The Labute approximate surface area is 183 Å². The summed E-state index contributed by atoms with van der Waals surface area (Å²) in [5.41, 5.74) is 0.120. The van der Waals surface area contributed by atoms with Crippen LogP contribution in [-0.4, -0.2) is 30.7 Å². The first-order valence-corrected chi connectivity index (χ1v) is 12.8. The lowest BCUT2D eigenvalue weighted by Crippen LogP contribution is -2.61. The van der Waals surface area contributed by atoms with Gasteiger partial charge in [0.15, 0.2) is 0 Å². The van der Waals surface area contributed by atoms with Crippen LogP contribution < -0.4 is 10.6 Å². The molecule has 0 aromatic heterocycles. The molecule has 0 heterocycles. The highest BCUT2D eigenvalue weighted by Crippen LogP contribution is 2.55. The third-order valence-corrected chi connectivity index (χ3v) is 7.57. The molecular weight excluding hydrogens is 376 g/mol. The van der Waals surface area contributed by atoms with Gasteiger partial charge in [-0.05, 0) is 76.0 Å². The van der Waals surface area contributed by atoms with E-state index in [1.807, 2.05) is 6.92 Å². The van der Waals surface area contributed by atoms with Crippen LogP contribution in [0.5, 0.6) is 0 Å². The Kier molecular flexibility index (Phi) is 9.32. The third-order valence-electron chi connectivity index (χ3n) is 7.57. The standard InChI is InChI=1S/C25H44N2O3/c1-2-30-23(28)12-10-8-6-4-3-5-7-9-11-13-26-24(29)27-25-17-20-14-21(18-25)16-22(15-20)19-25/h20-22H,2-19H2,1H3,(H2,26,27,29). The maximum atomic E-state index is 12.4. The molecule has 0 unspecified atom stereocenters. The molecular formula is C25H44N2O3. The number of urea groups is 1. The zero-order valence-corrected chi connectivity index (χ0v) is 19.2. The Morgan fingerprint density at radius 2 is 1.30 bits per heavy atom. The number of carbonyl (C=O) groups excluding carboxylic acids is 2. The van der Waals surface area contributed by atoms with E-state index in [4.69, 9.17) is 4.74 Å². The number of hydrogen-bond donors (Lipinski definition) is 2. The number of nitrogens with one attached hydrogen (secondary N) is 2. The van der Waals surface area contributed by atoms with E-state index in [9.17, 15) is 9.59 Å². The van der Waals surface area contributed by atoms with Crippen molar-refractivity contribution in [1.29, 1.82) is 0 Å². The molecule has 5 heteroatoms. The molecule has 0 aromatic carbocycles. The fourth-order valence-electron chi connectivity index (χ4n) is 6.62. The van der Waals surface area contributed by atoms with Crippen LogP contribution in [0.2, 0.25) is 0 Å². The number of amides is 2. The monoisotopic (exact) mass is 420 g/mol. The second-order valence-electron chi connectivity index (χ2n) is 10.3. The minimum absolute atomic E-state index is 0.0577. The lowest BCUT2D eigenvalue weighted by molar-refractivity contribution is -0.143. The summed E-state index contributed by atoms with van der Waals surface area (Å²) in [5, 5.41) is 6.51. The molecule has 4 fully saturated rings. The smallest absolute Gasteiger partial charge is 0.315 e. The molecule has 2 N–H and O–H groups in total. The summed E-state index contributed by atoms with van der Waals surface area (Å²) in [6.07, 6.45) is 19.1. The lowest BCUT2D eigenvalue weighted by atomic mass is 9.53. The molecule has 0 radical (unpaired) electrons. The number of ether oxygens (including phenoxy) is 1. The first kappa shape index (κ1) is 23.4. The van der Waals surface area contributed by atoms with Crippen molar-refractivity contribution in [3.63, 3.8) is 0 Å². The molecule has 30 heavy (non-hydrogen) atoms. The average Bonchev–Trinajstić information content (AvgIpc) is 2.67. The molecule has 4 aliphatic rings. The van der Waals surface area contributed by atoms with Gasteiger partial charge in [0.1, 0.15) is 0 Å². The lowest BCUT2D eigenvalue weighted by Gasteiger charge is -2.56. The van der Waals surface area contributed by atoms with Crippen molar-refractivity contribution in [3.05, 3.63) is 0 Å². The quantitative estimate of drug-likeness (QED) is 0.279. The first-order chi connectivity index (χ1) is 14.6. The molecule has 5 nitrogen and oxygen atoms in total. The average molecular weight is 421 g/mol. The van der Waals surface area contributed by atoms with Crippen LogP contribution >= 0.6 is 0 Å². The molecule has 0 aliphatic heterocycles. The molecule has 0 atom stereocenters. The third kappa shape index (κ3) is 7.46. The predicted octanol–water partition coefficient (Wildman–Crippen LogP) is 5.72. The van der Waals surface area contributed by atoms with Crippen LogP contribution in [0.25, 0.3) is 0 Å². The first-order valence-electron chi connectivity index (χ1n) is 12.8. The van der Waals surface area contributed by atoms with Gasteiger partial charge >= 0.3 is 12.0 Å². The van der Waals surface area contributed by atoms with Crippen LogP contribution in [-0.2, 0) is 9.53 Å². The summed E-state index contributed by atoms with van der Waals surface area (Å²) in [5.74, 6) is 2.55. The van der Waals surface area contributed by atoms with Gasteiger partial charge in [-0.2, -0.15) is 0 Å². The number of carbonyl (C=O) groups is 2. The van der Waals surface area contributed by atoms with Gasteiger partial charge in [-0.3, -0.25) is 4.79 Å². The van der Waals surface area contributed by atoms with E-state index in [-0.39, 0.29) is 17.5 Å². The van der Waals surface area contributed by atoms with Crippen molar-refractivity contribution < 1.29 is 14.3 Å². The Morgan fingerprint density at radius 1 is 0.800 bits per heavy atom. The molecule has 4 rings (SSSR count). The maximum Gasteiger partial charge on any atom is 0.315 e. The van der Waals surface area contributed by atoms with Crippen LogP contribution in [0, 0.1) is 17.8 Å². The van der Waals surface area contributed by atoms with Crippen LogP contribution in [0.1, 0.15) is 110 Å².